The number of hydrogen-bond acceptors (Lipinski definition) is 1. The van der Waals surface area contributed by atoms with Gasteiger partial charge in [-0.15, -0.1) is 0 Å². The number of pyridine rings is 1. The lowest BCUT2D eigenvalue weighted by atomic mass is 10.1. The second kappa shape index (κ2) is 5.25. The first-order valence-electron chi connectivity index (χ1n) is 6.10. The Morgan fingerprint density at radius 3 is 2.47 bits per heavy atom. The topological polar surface area (TPSA) is 12.9 Å². The van der Waals surface area contributed by atoms with Crippen LogP contribution in [0.5, 0.6) is 0 Å². The Bertz CT molecular complexity index is 733. The molecule has 0 bridgehead atoms. The Kier molecular flexibility index (Phi) is 3.30. The smallest absolute Gasteiger partial charge is 0.0556 e. The van der Waals surface area contributed by atoms with Gasteiger partial charge < -0.3 is 0 Å². The molecule has 1 nitrogen and oxygen atoms in total. The summed E-state index contributed by atoms with van der Waals surface area (Å²) in [4.78, 5) is 4.00. The third-order valence-corrected chi connectivity index (χ3v) is 3.48. The molecule has 0 radical (unpaired) electrons. The normalized spacial score (nSPS) is 11.2. The van der Waals surface area contributed by atoms with Gasteiger partial charge >= 0.3 is 0 Å². The molecule has 0 spiro atoms. The van der Waals surface area contributed by atoms with Gasteiger partial charge in [0.2, 0.25) is 0 Å². The van der Waals surface area contributed by atoms with E-state index in [2.05, 4.69) is 17.1 Å². The highest BCUT2D eigenvalue weighted by molar-refractivity contribution is 6.37. The number of fused-ring (bicyclic) bond motifs is 1. The Hall–Kier alpha value is -2.12. The zero-order valence-electron chi connectivity index (χ0n) is 10.3. The van der Waals surface area contributed by atoms with E-state index < -0.39 is 0 Å². The summed E-state index contributed by atoms with van der Waals surface area (Å²) in [5.41, 5.74) is 2.14. The van der Waals surface area contributed by atoms with Gasteiger partial charge in [0.1, 0.15) is 0 Å². The fraction of sp³-hybridized carbons (Fsp3) is 0. The summed E-state index contributed by atoms with van der Waals surface area (Å²) in [7, 11) is 0. The molecule has 0 fully saturated rings. The molecule has 0 amide bonds. The Morgan fingerprint density at radius 2 is 1.63 bits per heavy atom. The van der Waals surface area contributed by atoms with Crippen LogP contribution in [-0.2, 0) is 0 Å². The van der Waals surface area contributed by atoms with Crippen LogP contribution in [0, 0.1) is 0 Å². The largest absolute Gasteiger partial charge is 0.265 e. The molecular formula is C17H12ClN. The molecule has 0 unspecified atom stereocenters. The Morgan fingerprint density at radius 1 is 0.842 bits per heavy atom. The predicted octanol–water partition coefficient (Wildman–Crippen LogP) is 5.06. The Labute approximate surface area is 117 Å². The van der Waals surface area contributed by atoms with Gasteiger partial charge in [-0.05, 0) is 28.6 Å². The summed E-state index contributed by atoms with van der Waals surface area (Å²) in [5.74, 6) is 0. The quantitative estimate of drug-likeness (QED) is 0.631. The summed E-state index contributed by atoms with van der Waals surface area (Å²) in [5, 5.41) is 3.04. The van der Waals surface area contributed by atoms with E-state index in [9.17, 15) is 0 Å². The summed E-state index contributed by atoms with van der Waals surface area (Å²) in [6.45, 7) is 0. The fourth-order valence-electron chi connectivity index (χ4n) is 2.04. The van der Waals surface area contributed by atoms with Crippen molar-refractivity contribution in [1.29, 1.82) is 0 Å². The van der Waals surface area contributed by atoms with Crippen molar-refractivity contribution in [2.24, 2.45) is 0 Å². The van der Waals surface area contributed by atoms with E-state index in [1.807, 2.05) is 48.6 Å². The van der Waals surface area contributed by atoms with Crippen LogP contribution in [0.3, 0.4) is 0 Å². The Balaban J connectivity index is 2.02. The number of rotatable bonds is 2. The highest BCUT2D eigenvalue weighted by Crippen LogP contribution is 2.28. The monoisotopic (exact) mass is 265 g/mol. The fourth-order valence-corrected chi connectivity index (χ4v) is 2.34. The molecule has 2 heteroatoms. The number of hydrogen-bond donors (Lipinski definition) is 0. The van der Waals surface area contributed by atoms with Crippen molar-refractivity contribution in [3.8, 4) is 0 Å². The maximum Gasteiger partial charge on any atom is 0.0556 e. The van der Waals surface area contributed by atoms with Crippen LogP contribution in [0.2, 0.25) is 5.02 Å². The van der Waals surface area contributed by atoms with E-state index in [0.29, 0.717) is 0 Å². The minimum atomic E-state index is 0.795. The van der Waals surface area contributed by atoms with Crippen molar-refractivity contribution in [3.05, 3.63) is 77.1 Å². The maximum absolute atomic E-state index is 6.44. The molecule has 19 heavy (non-hydrogen) atoms. The number of nitrogens with zero attached hydrogens (tertiary/aromatic N) is 1. The molecule has 0 saturated heterocycles. The second-order valence-electron chi connectivity index (χ2n) is 4.30. The number of benzene rings is 2. The lowest BCUT2D eigenvalue weighted by Crippen LogP contribution is -1.79. The molecule has 0 aliphatic heterocycles. The van der Waals surface area contributed by atoms with Crippen molar-refractivity contribution < 1.29 is 0 Å². The van der Waals surface area contributed by atoms with Gasteiger partial charge in [0.05, 0.1) is 5.02 Å². The molecule has 0 N–H and O–H groups in total. The first-order chi connectivity index (χ1) is 9.34. The molecule has 0 atom stereocenters. The van der Waals surface area contributed by atoms with Crippen molar-refractivity contribution in [2.75, 3.05) is 0 Å². The van der Waals surface area contributed by atoms with Crippen LogP contribution in [-0.4, -0.2) is 4.98 Å². The average Bonchev–Trinajstić information content (AvgIpc) is 2.48. The van der Waals surface area contributed by atoms with Crippen LogP contribution >= 0.6 is 11.6 Å². The molecule has 1 aromatic heterocycles. The molecule has 0 aliphatic rings. The van der Waals surface area contributed by atoms with Crippen LogP contribution in [0.1, 0.15) is 11.1 Å². The van der Waals surface area contributed by atoms with Crippen molar-refractivity contribution >= 4 is 34.5 Å². The van der Waals surface area contributed by atoms with E-state index in [-0.39, 0.29) is 0 Å². The molecule has 92 valence electrons. The van der Waals surface area contributed by atoms with Gasteiger partial charge in [-0.3, -0.25) is 4.98 Å². The average molecular weight is 266 g/mol. The lowest BCUT2D eigenvalue weighted by Gasteiger charge is -2.04. The van der Waals surface area contributed by atoms with Gasteiger partial charge in [0.15, 0.2) is 0 Å². The van der Waals surface area contributed by atoms with Crippen molar-refractivity contribution in [2.45, 2.75) is 0 Å². The van der Waals surface area contributed by atoms with Gasteiger partial charge in [-0.25, -0.2) is 0 Å². The van der Waals surface area contributed by atoms with Crippen LogP contribution in [0.25, 0.3) is 22.9 Å². The van der Waals surface area contributed by atoms with Gasteiger partial charge in [0, 0.05) is 17.8 Å². The van der Waals surface area contributed by atoms with E-state index in [1.54, 1.807) is 12.4 Å². The van der Waals surface area contributed by atoms with E-state index >= 15 is 0 Å². The van der Waals surface area contributed by atoms with Gasteiger partial charge in [-0.2, -0.15) is 0 Å². The van der Waals surface area contributed by atoms with Crippen molar-refractivity contribution in [1.82, 2.24) is 4.98 Å². The predicted molar refractivity (Wildman–Crippen MR) is 82.1 cm³/mol. The SMILES string of the molecule is Clc1c(C=Cc2ccncc2)ccc2ccccc12. The standard InChI is InChI=1S/C17H12ClN/c18-17-15(6-5-13-9-11-19-12-10-13)8-7-14-3-1-2-4-16(14)17/h1-12H. The lowest BCUT2D eigenvalue weighted by molar-refractivity contribution is 1.32. The molecule has 3 rings (SSSR count). The van der Waals surface area contributed by atoms with E-state index in [4.69, 9.17) is 11.6 Å². The first-order valence-corrected chi connectivity index (χ1v) is 6.48. The van der Waals surface area contributed by atoms with Crippen LogP contribution < -0.4 is 0 Å². The zero-order valence-corrected chi connectivity index (χ0v) is 11.0. The molecule has 2 aromatic carbocycles. The minimum Gasteiger partial charge on any atom is -0.265 e. The highest BCUT2D eigenvalue weighted by Gasteiger charge is 2.02. The second-order valence-corrected chi connectivity index (χ2v) is 4.68. The van der Waals surface area contributed by atoms with E-state index in [1.165, 1.54) is 0 Å². The first kappa shape index (κ1) is 11.9. The zero-order chi connectivity index (χ0) is 13.1. The third kappa shape index (κ3) is 2.51. The summed E-state index contributed by atoms with van der Waals surface area (Å²) < 4.78 is 0. The van der Waals surface area contributed by atoms with Crippen molar-refractivity contribution in [3.63, 3.8) is 0 Å². The third-order valence-electron chi connectivity index (χ3n) is 3.05. The van der Waals surface area contributed by atoms with E-state index in [0.717, 1.165) is 26.9 Å². The maximum atomic E-state index is 6.44. The summed E-state index contributed by atoms with van der Waals surface area (Å²) in [6.07, 6.45) is 7.63. The van der Waals surface area contributed by atoms with Crippen LogP contribution in [0.4, 0.5) is 0 Å². The number of aromatic nitrogens is 1. The van der Waals surface area contributed by atoms with Gasteiger partial charge in [0.25, 0.3) is 0 Å². The molecule has 1 heterocycles. The molecule has 0 saturated carbocycles. The molecular weight excluding hydrogens is 254 g/mol. The molecule has 3 aromatic rings. The van der Waals surface area contributed by atoms with Gasteiger partial charge in [-0.1, -0.05) is 60.2 Å². The summed E-state index contributed by atoms with van der Waals surface area (Å²) >= 11 is 6.44. The van der Waals surface area contributed by atoms with Crippen LogP contribution in [0.15, 0.2) is 60.9 Å². The molecule has 0 aliphatic carbocycles. The number of halogens is 1. The minimum absolute atomic E-state index is 0.795. The highest BCUT2D eigenvalue weighted by atomic mass is 35.5. The summed E-state index contributed by atoms with van der Waals surface area (Å²) in [6, 6.07) is 16.2.